The Morgan fingerprint density at radius 1 is 0.617 bits per heavy atom. The first-order valence-electron chi connectivity index (χ1n) is 20.7. The van der Waals surface area contributed by atoms with Crippen molar-refractivity contribution in [3.8, 4) is 5.75 Å². The molecule has 3 aromatic carbocycles. The molecule has 12 nitrogen and oxygen atoms in total. The van der Waals surface area contributed by atoms with Gasteiger partial charge in [0.25, 0.3) is 5.91 Å². The first-order valence-corrected chi connectivity index (χ1v) is 24.4. The lowest BCUT2D eigenvalue weighted by Gasteiger charge is -2.34. The van der Waals surface area contributed by atoms with Crippen molar-refractivity contribution in [1.82, 2.24) is 9.80 Å². The third-order valence-corrected chi connectivity index (χ3v) is 11.4. The van der Waals surface area contributed by atoms with Crippen molar-refractivity contribution in [2.45, 2.75) is 123 Å². The van der Waals surface area contributed by atoms with Gasteiger partial charge in [-0.3, -0.25) is 9.69 Å². The number of amides is 2. The van der Waals surface area contributed by atoms with E-state index in [2.05, 4.69) is 19.6 Å². The van der Waals surface area contributed by atoms with Gasteiger partial charge in [0.1, 0.15) is 30.0 Å². The number of hydrogen-bond acceptors (Lipinski definition) is 10. The van der Waals surface area contributed by atoms with E-state index >= 15 is 0 Å². The van der Waals surface area contributed by atoms with Crippen molar-refractivity contribution in [2.24, 2.45) is 11.8 Å². The van der Waals surface area contributed by atoms with Gasteiger partial charge in [-0.2, -0.15) is 0 Å². The van der Waals surface area contributed by atoms with Crippen molar-refractivity contribution in [2.75, 3.05) is 20.7 Å². The van der Waals surface area contributed by atoms with Gasteiger partial charge in [-0.1, -0.05) is 120 Å². The van der Waals surface area contributed by atoms with Crippen LogP contribution in [0.4, 0.5) is 4.79 Å². The number of likely N-dealkylation sites (N-methyl/N-ethyl adjacent to an activating group) is 2. The number of nitrogens with zero attached hydrogens (tertiary/aromatic N) is 2. The summed E-state index contributed by atoms with van der Waals surface area (Å²) in [6.07, 6.45) is -3.21. The number of esters is 3. The van der Waals surface area contributed by atoms with Gasteiger partial charge < -0.3 is 28.6 Å². The smallest absolute Gasteiger partial charge is 0.410 e. The van der Waals surface area contributed by atoms with Crippen LogP contribution in [0.2, 0.25) is 25.7 Å². The van der Waals surface area contributed by atoms with E-state index in [9.17, 15) is 24.0 Å². The number of ether oxygens (including phenoxy) is 5. The summed E-state index contributed by atoms with van der Waals surface area (Å²) in [4.78, 5) is 71.8. The average Bonchev–Trinajstić information content (AvgIpc) is 3.18. The van der Waals surface area contributed by atoms with Gasteiger partial charge >= 0.3 is 24.0 Å². The van der Waals surface area contributed by atoms with E-state index in [1.165, 1.54) is 23.9 Å². The highest BCUT2D eigenvalue weighted by atomic mass is 28.3. The van der Waals surface area contributed by atoms with Crippen LogP contribution in [0.15, 0.2) is 84.9 Å². The van der Waals surface area contributed by atoms with Gasteiger partial charge in [0.15, 0.2) is 6.10 Å². The Hall–Kier alpha value is -5.17. The highest BCUT2D eigenvalue weighted by Gasteiger charge is 2.40. The molecule has 328 valence electrons. The molecule has 0 N–H and O–H groups in total. The molecule has 60 heavy (non-hydrogen) atoms. The van der Waals surface area contributed by atoms with Crippen LogP contribution in [0.5, 0.6) is 5.75 Å². The first-order chi connectivity index (χ1) is 28.1. The largest absolute Gasteiger partial charge is 0.489 e. The molecule has 4 atom stereocenters. The molecule has 0 aliphatic rings. The fourth-order valence-electron chi connectivity index (χ4n) is 5.97. The Balaban J connectivity index is 1.93. The van der Waals surface area contributed by atoms with Crippen LogP contribution in [0, 0.1) is 11.8 Å². The number of benzene rings is 3. The zero-order valence-electron chi connectivity index (χ0n) is 37.6. The number of carbonyl (C=O) groups excluding carboxylic acids is 5. The van der Waals surface area contributed by atoms with Gasteiger partial charge in [-0.25, -0.2) is 19.2 Å². The zero-order chi connectivity index (χ0) is 44.8. The van der Waals surface area contributed by atoms with E-state index in [0.717, 1.165) is 17.2 Å². The van der Waals surface area contributed by atoms with Crippen LogP contribution in [-0.2, 0) is 57.6 Å². The van der Waals surface area contributed by atoms with Crippen molar-refractivity contribution < 1.29 is 47.7 Å². The third kappa shape index (κ3) is 16.1. The minimum atomic E-state index is -1.51. The Kier molecular flexibility index (Phi) is 18.4. The molecular weight excluding hydrogens is 781 g/mol. The number of carbonyl (C=O) groups is 5. The number of rotatable bonds is 20. The molecule has 0 saturated heterocycles. The Labute approximate surface area is 357 Å². The molecule has 3 aromatic rings. The second-order valence-corrected chi connectivity index (χ2v) is 23.7. The maximum absolute atomic E-state index is 14.5. The lowest BCUT2D eigenvalue weighted by atomic mass is 10.0. The zero-order valence-corrected chi connectivity index (χ0v) is 38.6. The predicted octanol–water partition coefficient (Wildman–Crippen LogP) is 8.13. The van der Waals surface area contributed by atoms with Crippen LogP contribution < -0.4 is 4.74 Å². The van der Waals surface area contributed by atoms with E-state index in [-0.39, 0.29) is 19.4 Å². The maximum Gasteiger partial charge on any atom is 0.410 e. The molecule has 0 heterocycles. The van der Waals surface area contributed by atoms with Crippen molar-refractivity contribution in [1.29, 1.82) is 0 Å². The predicted molar refractivity (Wildman–Crippen MR) is 234 cm³/mol. The minimum Gasteiger partial charge on any atom is -0.489 e. The Morgan fingerprint density at radius 3 is 1.57 bits per heavy atom. The molecule has 0 radical (unpaired) electrons. The molecule has 0 unspecified atom stereocenters. The summed E-state index contributed by atoms with van der Waals surface area (Å²) in [6.45, 7) is 19.2. The molecule has 0 aliphatic heterocycles. The molecule has 0 bridgehead atoms. The molecule has 0 fully saturated rings. The summed E-state index contributed by atoms with van der Waals surface area (Å²) >= 11 is 0. The van der Waals surface area contributed by atoms with Crippen molar-refractivity contribution in [3.63, 3.8) is 0 Å². The SMILES string of the molecule is CC(C)[C@@H](OC(=O)[C@H](Cc1ccc(OCc2ccccc2)cc1)N(C)C(=O)[C@H](OC(=O)[C@H](Cc1ccccc1)N(C)C(=O)OC(C)(C)C)C(C)C)C(=O)OCC[Si](C)(C)C. The molecule has 2 amide bonds. The van der Waals surface area contributed by atoms with Gasteiger partial charge in [0.2, 0.25) is 6.10 Å². The van der Waals surface area contributed by atoms with Crippen molar-refractivity contribution in [3.05, 3.63) is 102 Å². The standard InChI is InChI=1S/C47H66N2O10Si/c1-32(2)40(57-44(52)39(29-34-19-15-13-16-20-34)49(9)46(54)59-47(5,6)7)42(50)48(8)38(43(51)58-41(33(3)4)45(53)55-27-28-60(10,11)12)30-35-23-25-37(26-24-35)56-31-36-21-17-14-18-22-36/h13-26,32-33,38-41H,27-31H2,1-12H3/t38-,39-,40+,41+/m0/s1. The van der Waals surface area contributed by atoms with E-state index in [4.69, 9.17) is 23.7 Å². The molecule has 0 spiro atoms. The minimum absolute atomic E-state index is 0.00625. The normalized spacial score (nSPS) is 13.7. The van der Waals surface area contributed by atoms with Gasteiger partial charge in [0.05, 0.1) is 6.61 Å². The van der Waals surface area contributed by atoms with Gasteiger partial charge in [0, 0.05) is 40.9 Å². The van der Waals surface area contributed by atoms with Crippen LogP contribution in [-0.4, -0.2) is 98.4 Å². The molecule has 0 saturated carbocycles. The van der Waals surface area contributed by atoms with E-state index in [0.29, 0.717) is 17.9 Å². The molecule has 3 rings (SSSR count). The summed E-state index contributed by atoms with van der Waals surface area (Å²) in [5.74, 6) is -3.33. The first kappa shape index (κ1) is 49.2. The van der Waals surface area contributed by atoms with Gasteiger partial charge in [-0.15, -0.1) is 0 Å². The lowest BCUT2D eigenvalue weighted by molar-refractivity contribution is -0.177. The second kappa shape index (κ2) is 22.4. The molecule has 13 heteroatoms. The summed E-state index contributed by atoms with van der Waals surface area (Å²) in [5.41, 5.74) is 1.62. The van der Waals surface area contributed by atoms with E-state index < -0.39 is 79.7 Å². The fraction of sp³-hybridized carbons (Fsp3) is 0.511. The average molecular weight is 847 g/mol. The Bertz CT molecular complexity index is 1840. The summed E-state index contributed by atoms with van der Waals surface area (Å²) < 4.78 is 29.0. The number of hydrogen-bond donors (Lipinski definition) is 0. The third-order valence-electron chi connectivity index (χ3n) is 9.65. The molecular formula is C47H66N2O10Si. The highest BCUT2D eigenvalue weighted by molar-refractivity contribution is 6.76. The second-order valence-electron chi connectivity index (χ2n) is 18.1. The molecule has 0 aliphatic carbocycles. The topological polar surface area (TPSA) is 138 Å². The quantitative estimate of drug-likeness (QED) is 0.0623. The highest BCUT2D eigenvalue weighted by Crippen LogP contribution is 2.23. The van der Waals surface area contributed by atoms with Gasteiger partial charge in [-0.05, 0) is 61.6 Å². The molecule has 0 aromatic heterocycles. The summed E-state index contributed by atoms with van der Waals surface area (Å²) in [7, 11) is 1.38. The van der Waals surface area contributed by atoms with E-state index in [1.54, 1.807) is 72.7 Å². The van der Waals surface area contributed by atoms with E-state index in [1.807, 2.05) is 60.7 Å². The van der Waals surface area contributed by atoms with Crippen LogP contribution in [0.25, 0.3) is 0 Å². The van der Waals surface area contributed by atoms with Crippen LogP contribution in [0.3, 0.4) is 0 Å². The maximum atomic E-state index is 14.5. The Morgan fingerprint density at radius 2 is 1.08 bits per heavy atom. The summed E-state index contributed by atoms with van der Waals surface area (Å²) in [6, 6.07) is 24.4. The monoisotopic (exact) mass is 846 g/mol. The van der Waals surface area contributed by atoms with Crippen LogP contribution >= 0.6 is 0 Å². The van der Waals surface area contributed by atoms with Crippen molar-refractivity contribution >= 4 is 38.0 Å². The fourth-order valence-corrected chi connectivity index (χ4v) is 6.69. The van der Waals surface area contributed by atoms with Crippen LogP contribution in [0.1, 0.15) is 65.2 Å². The lowest BCUT2D eigenvalue weighted by Crippen LogP contribution is -2.53. The summed E-state index contributed by atoms with van der Waals surface area (Å²) in [5, 5.41) is 0.